The molecule has 4 rings (SSSR count). The summed E-state index contributed by atoms with van der Waals surface area (Å²) in [4.78, 5) is 7.25. The summed E-state index contributed by atoms with van der Waals surface area (Å²) in [5.41, 5.74) is 3.55. The number of aryl methyl sites for hydroxylation is 1. The zero-order valence-corrected chi connectivity index (χ0v) is 17.9. The summed E-state index contributed by atoms with van der Waals surface area (Å²) in [6, 6.07) is 15.1. The molecule has 5 heteroatoms. The molecular formula is C25H30FN3O. The highest BCUT2D eigenvalue weighted by Gasteiger charge is 2.22. The van der Waals surface area contributed by atoms with Gasteiger partial charge in [-0.25, -0.2) is 9.37 Å². The standard InChI is InChI=1S/C25H30FN3O/c1-19-15-27-25(29(19)18-20-8-10-23(26)11-9-20)14-22-6-4-12-28(17-22)16-21-5-3-7-24(13-21)30-2/h3,5,7-11,13,15,22H,4,6,12,14,16-18H2,1-2H3. The van der Waals surface area contributed by atoms with Gasteiger partial charge in [0.05, 0.1) is 7.11 Å². The summed E-state index contributed by atoms with van der Waals surface area (Å²) in [7, 11) is 1.71. The third-order valence-electron chi connectivity index (χ3n) is 6.01. The Morgan fingerprint density at radius 2 is 1.93 bits per heavy atom. The number of methoxy groups -OCH3 is 1. The first-order chi connectivity index (χ1) is 14.6. The number of rotatable bonds is 7. The van der Waals surface area contributed by atoms with Crippen LogP contribution >= 0.6 is 0 Å². The van der Waals surface area contributed by atoms with E-state index in [1.807, 2.05) is 24.4 Å². The highest BCUT2D eigenvalue weighted by molar-refractivity contribution is 5.28. The fourth-order valence-corrected chi connectivity index (χ4v) is 4.41. The van der Waals surface area contributed by atoms with Crippen molar-refractivity contribution in [2.24, 2.45) is 5.92 Å². The van der Waals surface area contributed by atoms with E-state index in [0.29, 0.717) is 5.92 Å². The smallest absolute Gasteiger partial charge is 0.123 e. The number of hydrogen-bond donors (Lipinski definition) is 0. The molecule has 30 heavy (non-hydrogen) atoms. The molecule has 0 aliphatic carbocycles. The normalized spacial score (nSPS) is 17.2. The molecule has 1 fully saturated rings. The lowest BCUT2D eigenvalue weighted by molar-refractivity contribution is 0.165. The van der Waals surface area contributed by atoms with E-state index in [2.05, 4.69) is 34.6 Å². The van der Waals surface area contributed by atoms with Crippen LogP contribution in [0.5, 0.6) is 5.75 Å². The van der Waals surface area contributed by atoms with Crippen molar-refractivity contribution in [2.75, 3.05) is 20.2 Å². The van der Waals surface area contributed by atoms with Crippen LogP contribution in [0.2, 0.25) is 0 Å². The molecule has 0 radical (unpaired) electrons. The van der Waals surface area contributed by atoms with E-state index in [4.69, 9.17) is 9.72 Å². The van der Waals surface area contributed by atoms with Gasteiger partial charge in [-0.3, -0.25) is 4.90 Å². The van der Waals surface area contributed by atoms with Gasteiger partial charge < -0.3 is 9.30 Å². The van der Waals surface area contributed by atoms with Crippen molar-refractivity contribution in [3.05, 3.63) is 83.2 Å². The van der Waals surface area contributed by atoms with E-state index >= 15 is 0 Å². The second-order valence-corrected chi connectivity index (χ2v) is 8.33. The molecule has 4 nitrogen and oxygen atoms in total. The van der Waals surface area contributed by atoms with Crippen molar-refractivity contribution >= 4 is 0 Å². The molecule has 1 atom stereocenters. The molecule has 1 aromatic heterocycles. The lowest BCUT2D eigenvalue weighted by atomic mass is 9.94. The molecule has 1 aliphatic rings. The Morgan fingerprint density at radius 1 is 1.10 bits per heavy atom. The van der Waals surface area contributed by atoms with Gasteiger partial charge in [-0.05, 0) is 67.6 Å². The number of halogens is 1. The predicted octanol–water partition coefficient (Wildman–Crippen LogP) is 4.84. The van der Waals surface area contributed by atoms with Gasteiger partial charge in [0.2, 0.25) is 0 Å². The van der Waals surface area contributed by atoms with Crippen LogP contribution in [0.1, 0.15) is 35.5 Å². The van der Waals surface area contributed by atoms with Gasteiger partial charge in [-0.1, -0.05) is 24.3 Å². The van der Waals surface area contributed by atoms with E-state index < -0.39 is 0 Å². The third-order valence-corrected chi connectivity index (χ3v) is 6.01. The van der Waals surface area contributed by atoms with Crippen LogP contribution < -0.4 is 4.74 Å². The zero-order chi connectivity index (χ0) is 20.9. The van der Waals surface area contributed by atoms with Gasteiger partial charge in [0.1, 0.15) is 17.4 Å². The van der Waals surface area contributed by atoms with E-state index in [9.17, 15) is 4.39 Å². The summed E-state index contributed by atoms with van der Waals surface area (Å²) in [6.45, 7) is 6.00. The first-order valence-corrected chi connectivity index (χ1v) is 10.7. The number of hydrogen-bond acceptors (Lipinski definition) is 3. The van der Waals surface area contributed by atoms with Crippen LogP contribution in [0.3, 0.4) is 0 Å². The van der Waals surface area contributed by atoms with E-state index in [1.165, 1.54) is 30.5 Å². The van der Waals surface area contributed by atoms with E-state index in [-0.39, 0.29) is 5.82 Å². The van der Waals surface area contributed by atoms with E-state index in [1.54, 1.807) is 7.11 Å². The van der Waals surface area contributed by atoms with Crippen molar-refractivity contribution in [3.8, 4) is 5.75 Å². The molecule has 0 spiro atoms. The molecule has 0 saturated carbocycles. The molecular weight excluding hydrogens is 377 g/mol. The topological polar surface area (TPSA) is 30.3 Å². The summed E-state index contributed by atoms with van der Waals surface area (Å²) < 4.78 is 20.9. The first kappa shape index (κ1) is 20.6. The molecule has 2 heterocycles. The number of ether oxygens (including phenoxy) is 1. The number of likely N-dealkylation sites (tertiary alicyclic amines) is 1. The van der Waals surface area contributed by atoms with Crippen LogP contribution in [-0.2, 0) is 19.5 Å². The fourth-order valence-electron chi connectivity index (χ4n) is 4.41. The Balaban J connectivity index is 1.41. The molecule has 158 valence electrons. The van der Waals surface area contributed by atoms with Crippen molar-refractivity contribution in [1.29, 1.82) is 0 Å². The number of nitrogens with zero attached hydrogens (tertiary/aromatic N) is 3. The summed E-state index contributed by atoms with van der Waals surface area (Å²) in [6.07, 6.45) is 5.38. The molecule has 1 saturated heterocycles. The number of piperidine rings is 1. The third kappa shape index (κ3) is 5.08. The van der Waals surface area contributed by atoms with Gasteiger partial charge in [0.25, 0.3) is 0 Å². The second kappa shape index (κ2) is 9.43. The highest BCUT2D eigenvalue weighted by atomic mass is 19.1. The quantitative estimate of drug-likeness (QED) is 0.561. The number of benzene rings is 2. The maximum absolute atomic E-state index is 13.2. The number of imidazole rings is 1. The molecule has 1 aliphatic heterocycles. The Kier molecular flexibility index (Phi) is 6.48. The van der Waals surface area contributed by atoms with Gasteiger partial charge in [0.15, 0.2) is 0 Å². The summed E-state index contributed by atoms with van der Waals surface area (Å²) in [5.74, 6) is 2.45. The minimum atomic E-state index is -0.195. The molecule has 3 aromatic rings. The van der Waals surface area contributed by atoms with Crippen LogP contribution in [0, 0.1) is 18.7 Å². The van der Waals surface area contributed by atoms with Gasteiger partial charge in [-0.15, -0.1) is 0 Å². The van der Waals surface area contributed by atoms with Crippen LogP contribution in [-0.4, -0.2) is 34.7 Å². The molecule has 0 bridgehead atoms. The lowest BCUT2D eigenvalue weighted by Crippen LogP contribution is -2.36. The Morgan fingerprint density at radius 3 is 2.73 bits per heavy atom. The molecule has 0 N–H and O–H groups in total. The Bertz CT molecular complexity index is 967. The van der Waals surface area contributed by atoms with Gasteiger partial charge >= 0.3 is 0 Å². The monoisotopic (exact) mass is 407 g/mol. The maximum atomic E-state index is 13.2. The summed E-state index contributed by atoms with van der Waals surface area (Å²) >= 11 is 0. The van der Waals surface area contributed by atoms with Gasteiger partial charge in [-0.2, -0.15) is 0 Å². The largest absolute Gasteiger partial charge is 0.497 e. The number of aromatic nitrogens is 2. The van der Waals surface area contributed by atoms with Crippen molar-refractivity contribution in [1.82, 2.24) is 14.5 Å². The van der Waals surface area contributed by atoms with Crippen molar-refractivity contribution in [2.45, 2.75) is 39.3 Å². The Hall–Kier alpha value is -2.66. The zero-order valence-electron chi connectivity index (χ0n) is 17.9. The first-order valence-electron chi connectivity index (χ1n) is 10.7. The maximum Gasteiger partial charge on any atom is 0.123 e. The average Bonchev–Trinajstić information content (AvgIpc) is 3.09. The SMILES string of the molecule is COc1cccc(CN2CCCC(Cc3ncc(C)n3Cc3ccc(F)cc3)C2)c1. The minimum Gasteiger partial charge on any atom is -0.497 e. The minimum absolute atomic E-state index is 0.195. The predicted molar refractivity (Wildman–Crippen MR) is 117 cm³/mol. The van der Waals surface area contributed by atoms with Gasteiger partial charge in [0, 0.05) is 37.9 Å². The van der Waals surface area contributed by atoms with Crippen LogP contribution in [0.25, 0.3) is 0 Å². The Labute approximate surface area is 178 Å². The van der Waals surface area contributed by atoms with Crippen molar-refractivity contribution < 1.29 is 9.13 Å². The van der Waals surface area contributed by atoms with E-state index in [0.717, 1.165) is 55.4 Å². The van der Waals surface area contributed by atoms with Crippen LogP contribution in [0.15, 0.2) is 54.7 Å². The molecule has 2 aromatic carbocycles. The second-order valence-electron chi connectivity index (χ2n) is 8.33. The summed E-state index contributed by atoms with van der Waals surface area (Å²) in [5, 5.41) is 0. The molecule has 0 amide bonds. The average molecular weight is 408 g/mol. The lowest BCUT2D eigenvalue weighted by Gasteiger charge is -2.32. The fraction of sp³-hybridized carbons (Fsp3) is 0.400. The van der Waals surface area contributed by atoms with Crippen molar-refractivity contribution in [3.63, 3.8) is 0 Å². The highest BCUT2D eigenvalue weighted by Crippen LogP contribution is 2.24. The van der Waals surface area contributed by atoms with Crippen LogP contribution in [0.4, 0.5) is 4.39 Å². The molecule has 1 unspecified atom stereocenters.